The van der Waals surface area contributed by atoms with E-state index in [9.17, 15) is 13.6 Å². The molecular formula is C14H16BrF2NO. The van der Waals surface area contributed by atoms with E-state index in [1.807, 2.05) is 0 Å². The van der Waals surface area contributed by atoms with Gasteiger partial charge in [-0.2, -0.15) is 0 Å². The van der Waals surface area contributed by atoms with Gasteiger partial charge in [0.25, 0.3) is 0 Å². The summed E-state index contributed by atoms with van der Waals surface area (Å²) in [5.74, 6) is -1.94. The molecule has 19 heavy (non-hydrogen) atoms. The number of hydrogen-bond donors (Lipinski definition) is 1. The number of halogens is 3. The standard InChI is InChI=1S/C14H16BrF2NO/c15-10-2-4-11(5-3-10)18-14(19)8-9-1-6-12(16)13(17)7-9/h1,6-7,10-11H,2-5,8H2,(H,18,19). The van der Waals surface area contributed by atoms with Crippen molar-refractivity contribution < 1.29 is 13.6 Å². The lowest BCUT2D eigenvalue weighted by Crippen LogP contribution is -2.38. The first-order valence-electron chi connectivity index (χ1n) is 6.42. The van der Waals surface area contributed by atoms with Gasteiger partial charge in [-0.05, 0) is 43.4 Å². The van der Waals surface area contributed by atoms with Crippen LogP contribution in [0.5, 0.6) is 0 Å². The molecule has 1 saturated carbocycles. The average molecular weight is 332 g/mol. The summed E-state index contributed by atoms with van der Waals surface area (Å²) in [7, 11) is 0. The molecule has 1 aromatic carbocycles. The van der Waals surface area contributed by atoms with Crippen LogP contribution >= 0.6 is 15.9 Å². The van der Waals surface area contributed by atoms with Gasteiger partial charge < -0.3 is 5.32 Å². The van der Waals surface area contributed by atoms with Crippen LogP contribution in [0.25, 0.3) is 0 Å². The Morgan fingerprint density at radius 2 is 1.89 bits per heavy atom. The molecule has 1 amide bonds. The minimum absolute atomic E-state index is 0.0887. The fourth-order valence-corrected chi connectivity index (χ4v) is 2.84. The van der Waals surface area contributed by atoms with Crippen molar-refractivity contribution in [3.8, 4) is 0 Å². The predicted molar refractivity (Wildman–Crippen MR) is 73.2 cm³/mol. The summed E-state index contributed by atoms with van der Waals surface area (Å²) in [5, 5.41) is 2.95. The number of nitrogens with one attached hydrogen (secondary N) is 1. The Balaban J connectivity index is 1.85. The molecule has 0 aromatic heterocycles. The quantitative estimate of drug-likeness (QED) is 0.846. The summed E-state index contributed by atoms with van der Waals surface area (Å²) in [6.07, 6.45) is 4.11. The van der Waals surface area contributed by atoms with E-state index in [1.165, 1.54) is 6.07 Å². The molecule has 1 fully saturated rings. The average Bonchev–Trinajstić information content (AvgIpc) is 2.37. The van der Waals surface area contributed by atoms with Crippen LogP contribution in [0.2, 0.25) is 0 Å². The van der Waals surface area contributed by atoms with Gasteiger partial charge in [-0.3, -0.25) is 4.79 Å². The maximum atomic E-state index is 13.0. The maximum Gasteiger partial charge on any atom is 0.224 e. The Kier molecular flexibility index (Phi) is 4.91. The van der Waals surface area contributed by atoms with Gasteiger partial charge in [0.05, 0.1) is 6.42 Å². The first-order valence-corrected chi connectivity index (χ1v) is 7.33. The van der Waals surface area contributed by atoms with Crippen LogP contribution in [-0.4, -0.2) is 16.8 Å². The molecule has 1 aromatic rings. The van der Waals surface area contributed by atoms with Crippen molar-refractivity contribution in [3.63, 3.8) is 0 Å². The van der Waals surface area contributed by atoms with E-state index >= 15 is 0 Å². The Morgan fingerprint density at radius 3 is 2.53 bits per heavy atom. The third kappa shape index (κ3) is 4.27. The summed E-state index contributed by atoms with van der Waals surface area (Å²) in [6, 6.07) is 3.76. The van der Waals surface area contributed by atoms with E-state index in [-0.39, 0.29) is 18.4 Å². The van der Waals surface area contributed by atoms with E-state index in [2.05, 4.69) is 21.2 Å². The van der Waals surface area contributed by atoms with Crippen LogP contribution in [0.15, 0.2) is 18.2 Å². The zero-order chi connectivity index (χ0) is 13.8. The van der Waals surface area contributed by atoms with Gasteiger partial charge in [-0.15, -0.1) is 0 Å². The highest BCUT2D eigenvalue weighted by Gasteiger charge is 2.20. The molecule has 0 aliphatic heterocycles. The van der Waals surface area contributed by atoms with Gasteiger partial charge >= 0.3 is 0 Å². The fraction of sp³-hybridized carbons (Fsp3) is 0.500. The molecule has 5 heteroatoms. The molecule has 0 spiro atoms. The van der Waals surface area contributed by atoms with Crippen molar-refractivity contribution in [1.29, 1.82) is 0 Å². The van der Waals surface area contributed by atoms with Crippen LogP contribution in [0, 0.1) is 11.6 Å². The van der Waals surface area contributed by atoms with Crippen molar-refractivity contribution in [2.75, 3.05) is 0 Å². The number of benzene rings is 1. The summed E-state index contributed by atoms with van der Waals surface area (Å²) in [5.41, 5.74) is 0.491. The van der Waals surface area contributed by atoms with Crippen molar-refractivity contribution in [1.82, 2.24) is 5.32 Å². The summed E-state index contributed by atoms with van der Waals surface area (Å²) in [4.78, 5) is 12.4. The first-order chi connectivity index (χ1) is 9.04. The second-order valence-electron chi connectivity index (χ2n) is 4.94. The molecule has 1 aliphatic rings. The van der Waals surface area contributed by atoms with Gasteiger partial charge in [-0.1, -0.05) is 22.0 Å². The number of rotatable bonds is 3. The number of alkyl halides is 1. The summed E-state index contributed by atoms with van der Waals surface area (Å²) < 4.78 is 25.8. The van der Waals surface area contributed by atoms with Crippen molar-refractivity contribution >= 4 is 21.8 Å². The van der Waals surface area contributed by atoms with Crippen LogP contribution in [0.3, 0.4) is 0 Å². The molecule has 0 bridgehead atoms. The van der Waals surface area contributed by atoms with Gasteiger partial charge in [-0.25, -0.2) is 8.78 Å². The molecule has 0 heterocycles. The fourth-order valence-electron chi connectivity index (χ4n) is 2.31. The molecule has 2 nitrogen and oxygen atoms in total. The Labute approximate surface area is 119 Å². The highest BCUT2D eigenvalue weighted by atomic mass is 79.9. The third-order valence-electron chi connectivity index (χ3n) is 3.37. The molecule has 2 rings (SSSR count). The highest BCUT2D eigenvalue weighted by Crippen LogP contribution is 2.24. The van der Waals surface area contributed by atoms with Gasteiger partial charge in [0, 0.05) is 10.9 Å². The van der Waals surface area contributed by atoms with Crippen LogP contribution in [0.4, 0.5) is 8.78 Å². The van der Waals surface area contributed by atoms with Gasteiger partial charge in [0.1, 0.15) is 0 Å². The Bertz CT molecular complexity index is 459. The molecule has 1 N–H and O–H groups in total. The Morgan fingerprint density at radius 1 is 1.21 bits per heavy atom. The number of hydrogen-bond acceptors (Lipinski definition) is 1. The smallest absolute Gasteiger partial charge is 0.224 e. The lowest BCUT2D eigenvalue weighted by molar-refractivity contribution is -0.121. The minimum Gasteiger partial charge on any atom is -0.353 e. The van der Waals surface area contributed by atoms with E-state index in [0.29, 0.717) is 10.4 Å². The van der Waals surface area contributed by atoms with Gasteiger partial charge in [0.2, 0.25) is 5.91 Å². The van der Waals surface area contributed by atoms with E-state index in [1.54, 1.807) is 0 Å². The summed E-state index contributed by atoms with van der Waals surface area (Å²) >= 11 is 3.56. The largest absolute Gasteiger partial charge is 0.353 e. The molecule has 0 unspecified atom stereocenters. The maximum absolute atomic E-state index is 13.0. The Hall–Kier alpha value is -0.970. The summed E-state index contributed by atoms with van der Waals surface area (Å²) in [6.45, 7) is 0. The monoisotopic (exact) mass is 331 g/mol. The van der Waals surface area contributed by atoms with Crippen LogP contribution < -0.4 is 5.32 Å². The van der Waals surface area contributed by atoms with Gasteiger partial charge in [0.15, 0.2) is 11.6 Å². The van der Waals surface area contributed by atoms with E-state index < -0.39 is 11.6 Å². The molecule has 0 radical (unpaired) electrons. The highest BCUT2D eigenvalue weighted by molar-refractivity contribution is 9.09. The normalized spacial score (nSPS) is 23.1. The van der Waals surface area contributed by atoms with Crippen molar-refractivity contribution in [3.05, 3.63) is 35.4 Å². The first kappa shape index (κ1) is 14.4. The van der Waals surface area contributed by atoms with Crippen LogP contribution in [0.1, 0.15) is 31.2 Å². The van der Waals surface area contributed by atoms with E-state index in [4.69, 9.17) is 0 Å². The lowest BCUT2D eigenvalue weighted by atomic mass is 9.95. The zero-order valence-electron chi connectivity index (χ0n) is 10.5. The predicted octanol–water partition coefficient (Wildman–Crippen LogP) is 3.33. The lowest BCUT2D eigenvalue weighted by Gasteiger charge is -2.26. The topological polar surface area (TPSA) is 29.1 Å². The third-order valence-corrected chi connectivity index (χ3v) is 4.29. The second-order valence-corrected chi connectivity index (χ2v) is 6.24. The molecule has 104 valence electrons. The number of carbonyl (C=O) groups is 1. The minimum atomic E-state index is -0.912. The van der Waals surface area contributed by atoms with Crippen LogP contribution in [-0.2, 0) is 11.2 Å². The van der Waals surface area contributed by atoms with Crippen molar-refractivity contribution in [2.45, 2.75) is 43.0 Å². The zero-order valence-corrected chi connectivity index (χ0v) is 12.1. The molecule has 0 saturated heterocycles. The molecule has 0 atom stereocenters. The molecule has 1 aliphatic carbocycles. The number of amides is 1. The number of carbonyl (C=O) groups excluding carboxylic acids is 1. The van der Waals surface area contributed by atoms with Crippen molar-refractivity contribution in [2.24, 2.45) is 0 Å². The SMILES string of the molecule is O=C(Cc1ccc(F)c(F)c1)NC1CCC(Br)CC1. The van der Waals surface area contributed by atoms with E-state index in [0.717, 1.165) is 37.8 Å². The molecular weight excluding hydrogens is 316 g/mol. The second kappa shape index (κ2) is 6.46.